The molecule has 2 aliphatic rings. The number of aryl methyl sites for hydroxylation is 1. The van der Waals surface area contributed by atoms with Crippen molar-refractivity contribution in [3.8, 4) is 0 Å². The molecule has 0 aliphatic carbocycles. The van der Waals surface area contributed by atoms with Gasteiger partial charge < -0.3 is 9.42 Å². The van der Waals surface area contributed by atoms with Crippen molar-refractivity contribution in [2.75, 3.05) is 19.6 Å². The van der Waals surface area contributed by atoms with Crippen molar-refractivity contribution >= 4 is 16.8 Å². The molecule has 4 heterocycles. The molecule has 3 aromatic rings. The average Bonchev–Trinajstić information content (AvgIpc) is 3.30. The Hall–Kier alpha value is -2.87. The lowest BCUT2D eigenvalue weighted by atomic mass is 9.91. The van der Waals surface area contributed by atoms with Gasteiger partial charge in [-0.2, -0.15) is 0 Å². The second kappa shape index (κ2) is 12.2. The standard InChI is InChI=1S/C23H25FN4O3.2C2H6/c1-14-17(23(30)28-9-2-3-19(29)22(28)25-14)8-12-27-10-6-15(7-11-27)21-18-5-4-16(24)13-20(18)31-26-21;2*1-2/h4-5,13,15H,2-3,6-12H2,1H3;2*1-2H3. The Bertz CT molecular complexity index is 1210. The number of ketones is 1. The SMILES string of the molecule is CC.CC.Cc1nc2n(c(=O)c1CCN1CCC(c3noc4cc(F)ccc34)CC1)CCCC2=O. The Morgan fingerprint density at radius 2 is 1.80 bits per heavy atom. The van der Waals surface area contributed by atoms with Gasteiger partial charge in [-0.1, -0.05) is 32.9 Å². The van der Waals surface area contributed by atoms with Crippen LogP contribution in [0, 0.1) is 12.7 Å². The second-order valence-electron chi connectivity index (χ2n) is 8.56. The maximum atomic E-state index is 13.4. The topological polar surface area (TPSA) is 81.2 Å². The fourth-order valence-electron chi connectivity index (χ4n) is 4.84. The van der Waals surface area contributed by atoms with Crippen molar-refractivity contribution < 1.29 is 13.7 Å². The smallest absolute Gasteiger partial charge is 0.257 e. The van der Waals surface area contributed by atoms with E-state index in [0.717, 1.165) is 43.6 Å². The predicted molar refractivity (Wildman–Crippen MR) is 136 cm³/mol. The molecule has 0 amide bonds. The Kier molecular flexibility index (Phi) is 9.32. The van der Waals surface area contributed by atoms with E-state index in [0.29, 0.717) is 48.5 Å². The molecule has 2 aromatic heterocycles. The normalized spacial score (nSPS) is 16.2. The zero-order valence-electron chi connectivity index (χ0n) is 21.6. The highest BCUT2D eigenvalue weighted by molar-refractivity contribution is 5.93. The van der Waals surface area contributed by atoms with E-state index in [1.165, 1.54) is 12.1 Å². The number of Topliss-reactive ketones (excluding diaryl/α,β-unsaturated/α-hetero) is 1. The molecule has 0 spiro atoms. The van der Waals surface area contributed by atoms with Gasteiger partial charge in [-0.3, -0.25) is 14.2 Å². The summed E-state index contributed by atoms with van der Waals surface area (Å²) in [4.78, 5) is 31.8. The summed E-state index contributed by atoms with van der Waals surface area (Å²) < 4.78 is 20.3. The van der Waals surface area contributed by atoms with Crippen LogP contribution >= 0.6 is 0 Å². The van der Waals surface area contributed by atoms with Gasteiger partial charge in [0.1, 0.15) is 5.82 Å². The Labute approximate surface area is 206 Å². The molecule has 2 aliphatic heterocycles. The number of piperidine rings is 1. The van der Waals surface area contributed by atoms with Crippen LogP contribution in [0.5, 0.6) is 0 Å². The first-order valence-electron chi connectivity index (χ1n) is 12.9. The van der Waals surface area contributed by atoms with Gasteiger partial charge in [0.25, 0.3) is 5.56 Å². The first kappa shape index (κ1) is 26.7. The molecule has 7 nitrogen and oxygen atoms in total. The van der Waals surface area contributed by atoms with E-state index in [1.54, 1.807) is 10.6 Å². The average molecular weight is 485 g/mol. The van der Waals surface area contributed by atoms with Crippen LogP contribution in [-0.4, -0.2) is 45.0 Å². The van der Waals surface area contributed by atoms with Gasteiger partial charge in [-0.05, 0) is 57.8 Å². The molecule has 0 unspecified atom stereocenters. The van der Waals surface area contributed by atoms with Crippen LogP contribution in [0.4, 0.5) is 4.39 Å². The number of carbonyl (C=O) groups excluding carboxylic acids is 1. The minimum absolute atomic E-state index is 0.0387. The molecule has 0 atom stereocenters. The number of halogens is 1. The zero-order valence-corrected chi connectivity index (χ0v) is 21.6. The summed E-state index contributed by atoms with van der Waals surface area (Å²) in [6.07, 6.45) is 3.67. The van der Waals surface area contributed by atoms with E-state index < -0.39 is 0 Å². The van der Waals surface area contributed by atoms with E-state index in [-0.39, 0.29) is 23.1 Å². The number of rotatable bonds is 4. The molecule has 5 rings (SSSR count). The molecule has 0 bridgehead atoms. The first-order valence-corrected chi connectivity index (χ1v) is 12.9. The van der Waals surface area contributed by atoms with Gasteiger partial charge in [-0.25, -0.2) is 9.37 Å². The molecule has 0 N–H and O–H groups in total. The fourth-order valence-corrected chi connectivity index (χ4v) is 4.84. The summed E-state index contributed by atoms with van der Waals surface area (Å²) >= 11 is 0. The quantitative estimate of drug-likeness (QED) is 0.501. The highest BCUT2D eigenvalue weighted by Crippen LogP contribution is 2.32. The number of likely N-dealkylation sites (tertiary alicyclic amines) is 1. The number of nitrogens with zero attached hydrogens (tertiary/aromatic N) is 4. The van der Waals surface area contributed by atoms with E-state index in [1.807, 2.05) is 34.6 Å². The molecule has 1 fully saturated rings. The third kappa shape index (κ3) is 5.69. The van der Waals surface area contributed by atoms with Gasteiger partial charge >= 0.3 is 0 Å². The second-order valence-corrected chi connectivity index (χ2v) is 8.56. The summed E-state index contributed by atoms with van der Waals surface area (Å²) in [7, 11) is 0. The fraction of sp³-hybridized carbons (Fsp3) is 0.556. The Morgan fingerprint density at radius 1 is 1.09 bits per heavy atom. The molecular weight excluding hydrogens is 447 g/mol. The highest BCUT2D eigenvalue weighted by Gasteiger charge is 2.26. The van der Waals surface area contributed by atoms with Crippen LogP contribution in [0.15, 0.2) is 27.5 Å². The summed E-state index contributed by atoms with van der Waals surface area (Å²) in [6, 6.07) is 4.56. The highest BCUT2D eigenvalue weighted by atomic mass is 19.1. The van der Waals surface area contributed by atoms with E-state index in [9.17, 15) is 14.0 Å². The van der Waals surface area contributed by atoms with Crippen molar-refractivity contribution in [2.24, 2.45) is 0 Å². The summed E-state index contributed by atoms with van der Waals surface area (Å²) in [5.41, 5.74) is 2.72. The van der Waals surface area contributed by atoms with E-state index >= 15 is 0 Å². The molecule has 8 heteroatoms. The largest absolute Gasteiger partial charge is 0.356 e. The number of benzene rings is 1. The molecule has 190 valence electrons. The van der Waals surface area contributed by atoms with Crippen molar-refractivity contribution in [3.05, 3.63) is 57.1 Å². The zero-order chi connectivity index (χ0) is 25.5. The molecule has 0 radical (unpaired) electrons. The lowest BCUT2D eigenvalue weighted by Gasteiger charge is -2.31. The third-order valence-corrected chi connectivity index (χ3v) is 6.62. The molecule has 1 aromatic carbocycles. The molecule has 35 heavy (non-hydrogen) atoms. The van der Waals surface area contributed by atoms with Crippen molar-refractivity contribution in [2.45, 2.75) is 79.2 Å². The van der Waals surface area contributed by atoms with Gasteiger partial charge in [0.2, 0.25) is 0 Å². The lowest BCUT2D eigenvalue weighted by Crippen LogP contribution is -2.38. The third-order valence-electron chi connectivity index (χ3n) is 6.62. The number of aromatic nitrogens is 3. The van der Waals surface area contributed by atoms with Crippen LogP contribution in [-0.2, 0) is 13.0 Å². The van der Waals surface area contributed by atoms with Crippen LogP contribution in [0.25, 0.3) is 11.0 Å². The number of carbonyl (C=O) groups is 1. The summed E-state index contributed by atoms with van der Waals surface area (Å²) in [6.45, 7) is 13.0. The minimum Gasteiger partial charge on any atom is -0.356 e. The Morgan fingerprint density at radius 3 is 2.51 bits per heavy atom. The molecule has 0 saturated carbocycles. The number of fused-ring (bicyclic) bond motifs is 2. The number of hydrogen-bond donors (Lipinski definition) is 0. The minimum atomic E-state index is -0.322. The monoisotopic (exact) mass is 484 g/mol. The van der Waals surface area contributed by atoms with Gasteiger partial charge in [0.05, 0.1) is 5.69 Å². The van der Waals surface area contributed by atoms with Crippen LogP contribution in [0.1, 0.15) is 86.9 Å². The van der Waals surface area contributed by atoms with Crippen LogP contribution in [0.3, 0.4) is 0 Å². The maximum Gasteiger partial charge on any atom is 0.257 e. The molecular formula is C27H37FN4O3. The van der Waals surface area contributed by atoms with E-state index in [2.05, 4.69) is 15.0 Å². The van der Waals surface area contributed by atoms with Crippen LogP contribution in [0.2, 0.25) is 0 Å². The van der Waals surface area contributed by atoms with Gasteiger partial charge in [0, 0.05) is 48.1 Å². The summed E-state index contributed by atoms with van der Waals surface area (Å²) in [5.74, 6) is 0.241. The number of hydrogen-bond acceptors (Lipinski definition) is 6. The molecule has 1 saturated heterocycles. The van der Waals surface area contributed by atoms with Crippen molar-refractivity contribution in [1.82, 2.24) is 19.6 Å². The first-order chi connectivity index (χ1) is 17.0. The predicted octanol–water partition coefficient (Wildman–Crippen LogP) is 5.28. The van der Waals surface area contributed by atoms with E-state index in [4.69, 9.17) is 4.52 Å². The van der Waals surface area contributed by atoms with Crippen LogP contribution < -0.4 is 5.56 Å². The van der Waals surface area contributed by atoms with Gasteiger partial charge in [-0.15, -0.1) is 0 Å². The van der Waals surface area contributed by atoms with Gasteiger partial charge in [0.15, 0.2) is 17.2 Å². The Balaban J connectivity index is 0.000000815. The van der Waals surface area contributed by atoms with Crippen molar-refractivity contribution in [3.63, 3.8) is 0 Å². The lowest BCUT2D eigenvalue weighted by molar-refractivity contribution is 0.0945. The van der Waals surface area contributed by atoms with Crippen molar-refractivity contribution in [1.29, 1.82) is 0 Å². The summed E-state index contributed by atoms with van der Waals surface area (Å²) in [5, 5.41) is 5.10. The maximum absolute atomic E-state index is 13.4.